The first-order chi connectivity index (χ1) is 12.4. The number of hydrogen-bond donors (Lipinski definition) is 3. The predicted molar refractivity (Wildman–Crippen MR) is 95.0 cm³/mol. The molecule has 0 bridgehead atoms. The van der Waals surface area contributed by atoms with Gasteiger partial charge in [-0.1, -0.05) is 18.6 Å². The molecule has 0 saturated heterocycles. The van der Waals surface area contributed by atoms with E-state index in [0.717, 1.165) is 24.8 Å². The van der Waals surface area contributed by atoms with E-state index in [1.807, 2.05) is 6.08 Å². The number of carbonyl (C=O) groups is 2. The van der Waals surface area contributed by atoms with Crippen molar-refractivity contribution in [1.29, 1.82) is 0 Å². The SMILES string of the molecule is C[C@]12C=CC(=O)C=C1CC[C@@H]1[C@@H]2[C@@H](O)C[C@]2(CO)[C@@H](C(=O)CO)CC[C@@H]12. The van der Waals surface area contributed by atoms with Gasteiger partial charge in [0.15, 0.2) is 11.6 Å². The second kappa shape index (κ2) is 6.11. The molecule has 0 aliphatic heterocycles. The van der Waals surface area contributed by atoms with Crippen LogP contribution in [0.5, 0.6) is 0 Å². The van der Waals surface area contributed by atoms with Gasteiger partial charge in [0.1, 0.15) is 6.61 Å². The summed E-state index contributed by atoms with van der Waals surface area (Å²) in [6, 6.07) is 0. The maximum atomic E-state index is 12.3. The zero-order valence-corrected chi connectivity index (χ0v) is 15.2. The lowest BCUT2D eigenvalue weighted by Gasteiger charge is -2.59. The molecule has 4 aliphatic carbocycles. The van der Waals surface area contributed by atoms with Crippen molar-refractivity contribution in [2.75, 3.05) is 13.2 Å². The zero-order valence-electron chi connectivity index (χ0n) is 15.2. The molecular formula is C21H28O5. The first-order valence-corrected chi connectivity index (χ1v) is 9.74. The average molecular weight is 360 g/mol. The number of fused-ring (bicyclic) bond motifs is 5. The molecule has 3 N–H and O–H groups in total. The Kier molecular flexibility index (Phi) is 4.25. The summed E-state index contributed by atoms with van der Waals surface area (Å²) in [5, 5.41) is 30.8. The molecule has 0 aromatic rings. The smallest absolute Gasteiger partial charge is 0.178 e. The van der Waals surface area contributed by atoms with Crippen LogP contribution in [0.15, 0.2) is 23.8 Å². The summed E-state index contributed by atoms with van der Waals surface area (Å²) >= 11 is 0. The molecule has 142 valence electrons. The summed E-state index contributed by atoms with van der Waals surface area (Å²) in [5.74, 6) is -0.183. The van der Waals surface area contributed by atoms with Crippen molar-refractivity contribution in [3.63, 3.8) is 0 Å². The predicted octanol–water partition coefficient (Wildman–Crippen LogP) is 1.42. The molecule has 3 saturated carbocycles. The number of aliphatic hydroxyl groups is 3. The van der Waals surface area contributed by atoms with E-state index in [2.05, 4.69) is 6.92 Å². The van der Waals surface area contributed by atoms with Gasteiger partial charge in [0.25, 0.3) is 0 Å². The number of rotatable bonds is 3. The van der Waals surface area contributed by atoms with E-state index in [0.29, 0.717) is 12.8 Å². The first-order valence-electron chi connectivity index (χ1n) is 9.74. The van der Waals surface area contributed by atoms with Crippen molar-refractivity contribution in [3.05, 3.63) is 23.8 Å². The number of aliphatic hydroxyl groups excluding tert-OH is 3. The Morgan fingerprint density at radius 3 is 2.73 bits per heavy atom. The fourth-order valence-electron chi connectivity index (χ4n) is 7.00. The van der Waals surface area contributed by atoms with Crippen LogP contribution in [0.1, 0.15) is 39.0 Å². The minimum Gasteiger partial charge on any atom is -0.396 e. The second-order valence-corrected chi connectivity index (χ2v) is 8.94. The molecule has 26 heavy (non-hydrogen) atoms. The standard InChI is InChI=1S/C21H28O5/c1-20-7-6-13(24)8-12(20)2-3-14-15-4-5-16(18(26)10-22)21(15,11-23)9-17(25)19(14)20/h6-8,14-17,19,22-23,25H,2-5,9-11H2,1H3/t14-,15-,16+,17-,19+,20-,21+/m0/s1. The molecule has 0 radical (unpaired) electrons. The van der Waals surface area contributed by atoms with Crippen molar-refractivity contribution in [2.24, 2.45) is 34.5 Å². The third kappa shape index (κ3) is 2.26. The molecule has 3 fully saturated rings. The lowest BCUT2D eigenvalue weighted by molar-refractivity contribution is -0.152. The monoisotopic (exact) mass is 360 g/mol. The summed E-state index contributed by atoms with van der Waals surface area (Å²) in [7, 11) is 0. The first kappa shape index (κ1) is 18.1. The summed E-state index contributed by atoms with van der Waals surface area (Å²) < 4.78 is 0. The highest BCUT2D eigenvalue weighted by Gasteiger charge is 2.64. The Morgan fingerprint density at radius 1 is 1.27 bits per heavy atom. The molecule has 5 nitrogen and oxygen atoms in total. The molecule has 4 aliphatic rings. The molecular weight excluding hydrogens is 332 g/mol. The average Bonchev–Trinajstić information content (AvgIpc) is 3.00. The van der Waals surface area contributed by atoms with Crippen molar-refractivity contribution >= 4 is 11.6 Å². The summed E-state index contributed by atoms with van der Waals surface area (Å²) in [4.78, 5) is 24.1. The van der Waals surface area contributed by atoms with E-state index < -0.39 is 18.1 Å². The van der Waals surface area contributed by atoms with Crippen LogP contribution in [-0.2, 0) is 9.59 Å². The summed E-state index contributed by atoms with van der Waals surface area (Å²) in [5.41, 5.74) is 0.145. The van der Waals surface area contributed by atoms with Gasteiger partial charge in [0.2, 0.25) is 0 Å². The Bertz CT molecular complexity index is 695. The van der Waals surface area contributed by atoms with Crippen molar-refractivity contribution < 1.29 is 24.9 Å². The number of Topliss-reactive ketones (excluding diaryl/α,β-unsaturated/α-hetero) is 1. The van der Waals surface area contributed by atoms with Crippen LogP contribution in [-0.4, -0.2) is 46.2 Å². The topological polar surface area (TPSA) is 94.8 Å². The molecule has 0 spiro atoms. The van der Waals surface area contributed by atoms with E-state index in [1.54, 1.807) is 12.2 Å². The number of ketones is 2. The molecule has 5 heteroatoms. The van der Waals surface area contributed by atoms with E-state index >= 15 is 0 Å². The molecule has 4 rings (SSSR count). The van der Waals surface area contributed by atoms with Crippen LogP contribution in [0.4, 0.5) is 0 Å². The Hall–Kier alpha value is -1.30. The number of carbonyl (C=O) groups excluding carboxylic acids is 2. The lowest BCUT2D eigenvalue weighted by atomic mass is 9.46. The second-order valence-electron chi connectivity index (χ2n) is 8.94. The third-order valence-electron chi connectivity index (χ3n) is 8.06. The van der Waals surface area contributed by atoms with E-state index in [1.165, 1.54) is 0 Å². The highest BCUT2D eigenvalue weighted by molar-refractivity contribution is 6.01. The molecule has 0 aromatic carbocycles. The van der Waals surface area contributed by atoms with Gasteiger partial charge in [0, 0.05) is 29.3 Å². The maximum absolute atomic E-state index is 12.3. The van der Waals surface area contributed by atoms with Crippen LogP contribution < -0.4 is 0 Å². The van der Waals surface area contributed by atoms with Crippen LogP contribution >= 0.6 is 0 Å². The van der Waals surface area contributed by atoms with Crippen molar-refractivity contribution in [1.82, 2.24) is 0 Å². The quantitative estimate of drug-likeness (QED) is 0.707. The highest BCUT2D eigenvalue weighted by Crippen LogP contribution is 2.66. The zero-order chi connectivity index (χ0) is 18.7. The number of hydrogen-bond acceptors (Lipinski definition) is 5. The van der Waals surface area contributed by atoms with Gasteiger partial charge in [-0.25, -0.2) is 0 Å². The van der Waals surface area contributed by atoms with Crippen molar-refractivity contribution in [3.8, 4) is 0 Å². The molecule has 0 aromatic heterocycles. The lowest BCUT2D eigenvalue weighted by Crippen LogP contribution is -2.58. The van der Waals surface area contributed by atoms with E-state index in [4.69, 9.17) is 0 Å². The number of allylic oxidation sites excluding steroid dienone is 4. The molecule has 0 heterocycles. The molecule has 0 amide bonds. The highest BCUT2D eigenvalue weighted by atomic mass is 16.3. The van der Waals surface area contributed by atoms with Gasteiger partial charge >= 0.3 is 0 Å². The van der Waals surface area contributed by atoms with Gasteiger partial charge in [-0.3, -0.25) is 9.59 Å². The normalized spacial score (nSPS) is 47.0. The van der Waals surface area contributed by atoms with Gasteiger partial charge in [0.05, 0.1) is 6.10 Å². The fraction of sp³-hybridized carbons (Fsp3) is 0.714. The van der Waals surface area contributed by atoms with Gasteiger partial charge in [-0.05, 0) is 56.1 Å². The van der Waals surface area contributed by atoms with Crippen LogP contribution in [0.2, 0.25) is 0 Å². The van der Waals surface area contributed by atoms with Gasteiger partial charge < -0.3 is 15.3 Å². The molecule has 7 atom stereocenters. The fourth-order valence-corrected chi connectivity index (χ4v) is 7.00. The largest absolute Gasteiger partial charge is 0.396 e. The van der Waals surface area contributed by atoms with E-state index in [9.17, 15) is 24.9 Å². The Morgan fingerprint density at radius 2 is 2.04 bits per heavy atom. The van der Waals surface area contributed by atoms with Crippen LogP contribution in [0.3, 0.4) is 0 Å². The third-order valence-corrected chi connectivity index (χ3v) is 8.06. The summed E-state index contributed by atoms with van der Waals surface area (Å²) in [6.45, 7) is 1.49. The van der Waals surface area contributed by atoms with E-state index in [-0.39, 0.29) is 47.3 Å². The molecule has 0 unspecified atom stereocenters. The minimum absolute atomic E-state index is 0.000460. The van der Waals surface area contributed by atoms with Crippen LogP contribution in [0.25, 0.3) is 0 Å². The minimum atomic E-state index is -0.637. The van der Waals surface area contributed by atoms with Gasteiger partial charge in [-0.15, -0.1) is 0 Å². The van der Waals surface area contributed by atoms with Crippen LogP contribution in [0, 0.1) is 34.5 Å². The van der Waals surface area contributed by atoms with Crippen molar-refractivity contribution in [2.45, 2.75) is 45.1 Å². The Balaban J connectivity index is 1.74. The Labute approximate surface area is 153 Å². The van der Waals surface area contributed by atoms with Gasteiger partial charge in [-0.2, -0.15) is 0 Å². The summed E-state index contributed by atoms with van der Waals surface area (Å²) in [6.07, 6.45) is 8.26. The maximum Gasteiger partial charge on any atom is 0.178 e.